The molecule has 0 fully saturated rings. The number of aryl methyl sites for hydroxylation is 1. The van der Waals surface area contributed by atoms with E-state index in [0.717, 1.165) is 5.56 Å². The van der Waals surface area contributed by atoms with Crippen LogP contribution in [0.4, 0.5) is 0 Å². The predicted octanol–water partition coefficient (Wildman–Crippen LogP) is 4.02. The zero-order chi connectivity index (χ0) is 15.2. The van der Waals surface area contributed by atoms with Gasteiger partial charge in [-0.3, -0.25) is 4.79 Å². The van der Waals surface area contributed by atoms with Gasteiger partial charge < -0.3 is 9.47 Å². The Kier molecular flexibility index (Phi) is 4.99. The molecule has 0 aliphatic carbocycles. The summed E-state index contributed by atoms with van der Waals surface area (Å²) in [5, 5.41) is 0. The van der Waals surface area contributed by atoms with E-state index in [1.165, 1.54) is 0 Å². The summed E-state index contributed by atoms with van der Waals surface area (Å²) in [4.78, 5) is 12.5. The molecule has 0 heterocycles. The SMILES string of the molecule is CCOc1ccc(C(=O)c2ccc(C)cc2)cc1OCC. The van der Waals surface area contributed by atoms with Crippen LogP contribution in [0.5, 0.6) is 11.5 Å². The largest absolute Gasteiger partial charge is 0.490 e. The lowest BCUT2D eigenvalue weighted by Gasteiger charge is -2.12. The van der Waals surface area contributed by atoms with Gasteiger partial charge in [-0.1, -0.05) is 29.8 Å². The molecule has 0 saturated heterocycles. The Labute approximate surface area is 125 Å². The highest BCUT2D eigenvalue weighted by Crippen LogP contribution is 2.29. The van der Waals surface area contributed by atoms with Crippen LogP contribution in [0, 0.1) is 6.92 Å². The summed E-state index contributed by atoms with van der Waals surface area (Å²) in [6.07, 6.45) is 0. The van der Waals surface area contributed by atoms with Crippen LogP contribution >= 0.6 is 0 Å². The maximum atomic E-state index is 12.5. The normalized spacial score (nSPS) is 10.2. The quantitative estimate of drug-likeness (QED) is 0.751. The molecule has 0 unspecified atom stereocenters. The molecule has 0 radical (unpaired) electrons. The Morgan fingerprint density at radius 3 is 2.05 bits per heavy atom. The number of rotatable bonds is 6. The first kappa shape index (κ1) is 15.1. The molecule has 2 aromatic carbocycles. The lowest BCUT2D eigenvalue weighted by molar-refractivity contribution is 0.103. The van der Waals surface area contributed by atoms with Crippen LogP contribution in [-0.2, 0) is 0 Å². The van der Waals surface area contributed by atoms with Crippen LogP contribution < -0.4 is 9.47 Å². The van der Waals surface area contributed by atoms with Crippen LogP contribution in [0.15, 0.2) is 42.5 Å². The predicted molar refractivity (Wildman–Crippen MR) is 83.4 cm³/mol. The van der Waals surface area contributed by atoms with Crippen molar-refractivity contribution in [3.05, 3.63) is 59.2 Å². The second-order valence-corrected chi connectivity index (χ2v) is 4.72. The number of benzene rings is 2. The molecule has 3 heteroatoms. The lowest BCUT2D eigenvalue weighted by Crippen LogP contribution is -2.04. The van der Waals surface area contributed by atoms with Gasteiger partial charge in [0.1, 0.15) is 0 Å². The fourth-order valence-corrected chi connectivity index (χ4v) is 2.06. The maximum absolute atomic E-state index is 12.5. The van der Waals surface area contributed by atoms with E-state index >= 15 is 0 Å². The van der Waals surface area contributed by atoms with Crippen LogP contribution in [-0.4, -0.2) is 19.0 Å². The summed E-state index contributed by atoms with van der Waals surface area (Å²) < 4.78 is 11.1. The van der Waals surface area contributed by atoms with Gasteiger partial charge in [-0.25, -0.2) is 0 Å². The van der Waals surface area contributed by atoms with Gasteiger partial charge in [0.2, 0.25) is 0 Å². The summed E-state index contributed by atoms with van der Waals surface area (Å²) in [5.41, 5.74) is 2.41. The van der Waals surface area contributed by atoms with E-state index in [-0.39, 0.29) is 5.78 Å². The van der Waals surface area contributed by atoms with Crippen molar-refractivity contribution in [2.24, 2.45) is 0 Å². The number of ketones is 1. The molecule has 0 bridgehead atoms. The van der Waals surface area contributed by atoms with Gasteiger partial charge >= 0.3 is 0 Å². The minimum Gasteiger partial charge on any atom is -0.490 e. The van der Waals surface area contributed by atoms with E-state index in [0.29, 0.717) is 35.8 Å². The first-order valence-electron chi connectivity index (χ1n) is 7.16. The minimum atomic E-state index is -0.0148. The maximum Gasteiger partial charge on any atom is 0.193 e. The molecule has 0 aliphatic heterocycles. The Hall–Kier alpha value is -2.29. The van der Waals surface area contributed by atoms with Gasteiger partial charge in [-0.05, 0) is 39.0 Å². The molecule has 0 N–H and O–H groups in total. The molecule has 0 aromatic heterocycles. The van der Waals surface area contributed by atoms with Gasteiger partial charge in [0, 0.05) is 11.1 Å². The van der Waals surface area contributed by atoms with Crippen molar-refractivity contribution in [2.75, 3.05) is 13.2 Å². The second kappa shape index (κ2) is 6.93. The molecule has 2 rings (SSSR count). The van der Waals surface area contributed by atoms with E-state index in [9.17, 15) is 4.79 Å². The molecule has 21 heavy (non-hydrogen) atoms. The standard InChI is InChI=1S/C18H20O3/c1-4-20-16-11-10-15(12-17(16)21-5-2)18(19)14-8-6-13(3)7-9-14/h6-12H,4-5H2,1-3H3. The van der Waals surface area contributed by atoms with Gasteiger partial charge in [-0.15, -0.1) is 0 Å². The molecule has 0 amide bonds. The highest BCUT2D eigenvalue weighted by molar-refractivity contribution is 6.09. The Morgan fingerprint density at radius 2 is 1.43 bits per heavy atom. The van der Waals surface area contributed by atoms with Crippen LogP contribution in [0.1, 0.15) is 35.3 Å². The molecule has 0 saturated carbocycles. The van der Waals surface area contributed by atoms with Gasteiger partial charge in [0.25, 0.3) is 0 Å². The van der Waals surface area contributed by atoms with Crippen molar-refractivity contribution in [3.63, 3.8) is 0 Å². The van der Waals surface area contributed by atoms with Crippen molar-refractivity contribution in [1.29, 1.82) is 0 Å². The number of hydrogen-bond donors (Lipinski definition) is 0. The first-order valence-corrected chi connectivity index (χ1v) is 7.16. The third-order valence-corrected chi connectivity index (χ3v) is 3.12. The topological polar surface area (TPSA) is 35.5 Å². The summed E-state index contributed by atoms with van der Waals surface area (Å²) in [5.74, 6) is 1.26. The van der Waals surface area contributed by atoms with Crippen LogP contribution in [0.25, 0.3) is 0 Å². The van der Waals surface area contributed by atoms with Gasteiger partial charge in [0.05, 0.1) is 13.2 Å². The molecule has 0 atom stereocenters. The lowest BCUT2D eigenvalue weighted by atomic mass is 10.0. The van der Waals surface area contributed by atoms with E-state index < -0.39 is 0 Å². The van der Waals surface area contributed by atoms with E-state index in [2.05, 4.69) is 0 Å². The number of hydrogen-bond acceptors (Lipinski definition) is 3. The van der Waals surface area contributed by atoms with Crippen molar-refractivity contribution >= 4 is 5.78 Å². The van der Waals surface area contributed by atoms with E-state index in [1.54, 1.807) is 18.2 Å². The molecule has 0 aliphatic rings. The highest BCUT2D eigenvalue weighted by Gasteiger charge is 2.13. The fourth-order valence-electron chi connectivity index (χ4n) is 2.06. The Morgan fingerprint density at radius 1 is 0.857 bits per heavy atom. The first-order chi connectivity index (χ1) is 10.2. The van der Waals surface area contributed by atoms with Crippen molar-refractivity contribution in [3.8, 4) is 11.5 Å². The minimum absolute atomic E-state index is 0.0148. The summed E-state index contributed by atoms with van der Waals surface area (Å²) >= 11 is 0. The van der Waals surface area contributed by atoms with Crippen LogP contribution in [0.3, 0.4) is 0 Å². The van der Waals surface area contributed by atoms with Crippen molar-refractivity contribution in [2.45, 2.75) is 20.8 Å². The Bertz CT molecular complexity index is 615. The summed E-state index contributed by atoms with van der Waals surface area (Å²) in [7, 11) is 0. The molecule has 110 valence electrons. The average molecular weight is 284 g/mol. The van der Waals surface area contributed by atoms with Gasteiger partial charge in [-0.2, -0.15) is 0 Å². The zero-order valence-electron chi connectivity index (χ0n) is 12.7. The Balaban J connectivity index is 2.32. The summed E-state index contributed by atoms with van der Waals surface area (Å²) in [6.45, 7) is 6.91. The van der Waals surface area contributed by atoms with Crippen LogP contribution in [0.2, 0.25) is 0 Å². The number of carbonyl (C=O) groups excluding carboxylic acids is 1. The van der Waals surface area contributed by atoms with Crippen molar-refractivity contribution in [1.82, 2.24) is 0 Å². The van der Waals surface area contributed by atoms with E-state index in [4.69, 9.17) is 9.47 Å². The molecule has 3 nitrogen and oxygen atoms in total. The second-order valence-electron chi connectivity index (χ2n) is 4.72. The average Bonchev–Trinajstić information content (AvgIpc) is 2.49. The van der Waals surface area contributed by atoms with E-state index in [1.807, 2.05) is 45.0 Å². The fraction of sp³-hybridized carbons (Fsp3) is 0.278. The third kappa shape index (κ3) is 3.63. The third-order valence-electron chi connectivity index (χ3n) is 3.12. The molecule has 0 spiro atoms. The monoisotopic (exact) mass is 284 g/mol. The zero-order valence-corrected chi connectivity index (χ0v) is 12.7. The molecular weight excluding hydrogens is 264 g/mol. The number of carbonyl (C=O) groups is 1. The molecular formula is C18H20O3. The summed E-state index contributed by atoms with van der Waals surface area (Å²) in [6, 6.07) is 12.9. The number of ether oxygens (including phenoxy) is 2. The smallest absolute Gasteiger partial charge is 0.193 e. The van der Waals surface area contributed by atoms with Crippen molar-refractivity contribution < 1.29 is 14.3 Å². The molecule has 2 aromatic rings. The van der Waals surface area contributed by atoms with Gasteiger partial charge in [0.15, 0.2) is 17.3 Å². The highest BCUT2D eigenvalue weighted by atomic mass is 16.5.